The number of aliphatic hydroxyl groups excluding tert-OH is 1. The van der Waals surface area contributed by atoms with E-state index in [1.165, 1.54) is 0 Å². The van der Waals surface area contributed by atoms with Gasteiger partial charge in [-0.2, -0.15) is 0 Å². The normalized spacial score (nSPS) is 13.3. The van der Waals surface area contributed by atoms with Crippen molar-refractivity contribution in [1.82, 2.24) is 0 Å². The summed E-state index contributed by atoms with van der Waals surface area (Å²) in [6.07, 6.45) is 1.49. The second kappa shape index (κ2) is 8.51. The summed E-state index contributed by atoms with van der Waals surface area (Å²) < 4.78 is 9.46. The van der Waals surface area contributed by atoms with Gasteiger partial charge in [0.1, 0.15) is 12.2 Å². The Kier molecular flexibility index (Phi) is 7.01. The maximum absolute atomic E-state index is 11.5. The van der Waals surface area contributed by atoms with E-state index >= 15 is 0 Å². The molecule has 1 unspecified atom stereocenters. The van der Waals surface area contributed by atoms with Crippen LogP contribution >= 0.6 is 0 Å². The van der Waals surface area contributed by atoms with Gasteiger partial charge in [-0.3, -0.25) is 0 Å². The van der Waals surface area contributed by atoms with Crippen LogP contribution in [0.25, 0.3) is 0 Å². The number of hydrogen-bond acceptors (Lipinski definition) is 6. The Hall–Kier alpha value is -1.92. The molecule has 0 aliphatic heterocycles. The van der Waals surface area contributed by atoms with E-state index < -0.39 is 30.8 Å². The van der Waals surface area contributed by atoms with Crippen molar-refractivity contribution in [3.05, 3.63) is 35.4 Å². The maximum Gasteiger partial charge on any atom is 0.417 e. The average molecular weight is 310 g/mol. The summed E-state index contributed by atoms with van der Waals surface area (Å²) in [6.45, 7) is 2.78. The number of ether oxygens (including phenoxy) is 2. The second-order valence-corrected chi connectivity index (χ2v) is 5.12. The molecule has 0 fully saturated rings. The van der Waals surface area contributed by atoms with Crippen LogP contribution in [0.2, 0.25) is 0 Å². The zero-order chi connectivity index (χ0) is 16.6. The van der Waals surface area contributed by atoms with Crippen molar-refractivity contribution < 1.29 is 29.3 Å². The minimum atomic E-state index is -1.76. The monoisotopic (exact) mass is 310 g/mol. The Morgan fingerprint density at radius 2 is 1.73 bits per heavy atom. The highest BCUT2D eigenvalue weighted by molar-refractivity contribution is 6.29. The highest BCUT2D eigenvalue weighted by atomic mass is 16.6. The molecule has 0 bridgehead atoms. The minimum absolute atomic E-state index is 0.145. The Morgan fingerprint density at radius 1 is 1.14 bits per heavy atom. The summed E-state index contributed by atoms with van der Waals surface area (Å²) in [5.74, 6) is -2.28. The first kappa shape index (κ1) is 18.1. The third kappa shape index (κ3) is 5.13. The lowest BCUT2D eigenvalue weighted by molar-refractivity contribution is -0.173. The van der Waals surface area contributed by atoms with Gasteiger partial charge in [0.15, 0.2) is 0 Å². The number of aliphatic hydroxyl groups is 2. The molecule has 0 saturated heterocycles. The molecule has 0 aliphatic rings. The van der Waals surface area contributed by atoms with E-state index in [1.807, 2.05) is 13.8 Å². The summed E-state index contributed by atoms with van der Waals surface area (Å²) in [4.78, 5) is 22.9. The second-order valence-electron chi connectivity index (χ2n) is 5.12. The molecular weight excluding hydrogens is 288 g/mol. The molecule has 6 heteroatoms. The van der Waals surface area contributed by atoms with Crippen LogP contribution in [-0.4, -0.2) is 42.0 Å². The molecule has 0 radical (unpaired) electrons. The molecule has 0 saturated carbocycles. The van der Waals surface area contributed by atoms with Crippen molar-refractivity contribution >= 4 is 11.9 Å². The standard InChI is InChI=1S/C16H22O6/c1-3-4-9-21-14(18)15(19)22-11-16(20,10-17)13-7-5-12(2)6-8-13/h5-8,17,20H,3-4,9-11H2,1-2H3. The van der Waals surface area contributed by atoms with Gasteiger partial charge in [0, 0.05) is 0 Å². The van der Waals surface area contributed by atoms with Crippen LogP contribution in [-0.2, 0) is 24.7 Å². The summed E-state index contributed by atoms with van der Waals surface area (Å²) in [5, 5.41) is 19.7. The number of unbranched alkanes of at least 4 members (excludes halogenated alkanes) is 1. The highest BCUT2D eigenvalue weighted by Crippen LogP contribution is 2.21. The number of carbonyl (C=O) groups excluding carboxylic acids is 2. The maximum atomic E-state index is 11.5. The highest BCUT2D eigenvalue weighted by Gasteiger charge is 2.32. The molecule has 2 N–H and O–H groups in total. The van der Waals surface area contributed by atoms with Gasteiger partial charge >= 0.3 is 11.9 Å². The molecule has 1 atom stereocenters. The lowest BCUT2D eigenvalue weighted by Gasteiger charge is -2.25. The predicted octanol–water partition coefficient (Wildman–Crippen LogP) is 1.06. The SMILES string of the molecule is CCCCOC(=O)C(=O)OCC(O)(CO)c1ccc(C)cc1. The quantitative estimate of drug-likeness (QED) is 0.444. The molecule has 0 spiro atoms. The number of carbonyl (C=O) groups is 2. The topological polar surface area (TPSA) is 93.1 Å². The van der Waals surface area contributed by atoms with Crippen LogP contribution in [0.15, 0.2) is 24.3 Å². The van der Waals surface area contributed by atoms with Crippen molar-refractivity contribution in [2.75, 3.05) is 19.8 Å². The molecule has 122 valence electrons. The number of esters is 2. The van der Waals surface area contributed by atoms with E-state index in [2.05, 4.69) is 0 Å². The van der Waals surface area contributed by atoms with Gasteiger partial charge in [0.05, 0.1) is 13.2 Å². The fourth-order valence-corrected chi connectivity index (χ4v) is 1.70. The first-order chi connectivity index (χ1) is 10.4. The van der Waals surface area contributed by atoms with Gasteiger partial charge in [-0.15, -0.1) is 0 Å². The first-order valence-electron chi connectivity index (χ1n) is 7.17. The molecule has 6 nitrogen and oxygen atoms in total. The minimum Gasteiger partial charge on any atom is -0.457 e. The third-order valence-electron chi connectivity index (χ3n) is 3.19. The molecular formula is C16H22O6. The van der Waals surface area contributed by atoms with Crippen molar-refractivity contribution in [2.24, 2.45) is 0 Å². The fraction of sp³-hybridized carbons (Fsp3) is 0.500. The van der Waals surface area contributed by atoms with Crippen LogP contribution < -0.4 is 0 Å². The summed E-state index contributed by atoms with van der Waals surface area (Å²) >= 11 is 0. The number of aryl methyl sites for hydroxylation is 1. The molecule has 0 heterocycles. The van der Waals surface area contributed by atoms with Crippen LogP contribution in [0, 0.1) is 6.92 Å². The van der Waals surface area contributed by atoms with Crippen molar-refractivity contribution in [3.8, 4) is 0 Å². The van der Waals surface area contributed by atoms with Crippen LogP contribution in [0.4, 0.5) is 0 Å². The molecule has 0 aliphatic carbocycles. The first-order valence-corrected chi connectivity index (χ1v) is 7.17. The van der Waals surface area contributed by atoms with E-state index in [0.717, 1.165) is 12.0 Å². The average Bonchev–Trinajstić information content (AvgIpc) is 2.53. The van der Waals surface area contributed by atoms with Gasteiger partial charge in [-0.25, -0.2) is 9.59 Å². The predicted molar refractivity (Wildman–Crippen MR) is 79.0 cm³/mol. The molecule has 22 heavy (non-hydrogen) atoms. The van der Waals surface area contributed by atoms with Gasteiger partial charge in [-0.1, -0.05) is 43.2 Å². The Bertz CT molecular complexity index is 496. The summed E-state index contributed by atoms with van der Waals surface area (Å²) in [6, 6.07) is 6.77. The van der Waals surface area contributed by atoms with Crippen molar-refractivity contribution in [2.45, 2.75) is 32.3 Å². The zero-order valence-corrected chi connectivity index (χ0v) is 12.9. The summed E-state index contributed by atoms with van der Waals surface area (Å²) in [7, 11) is 0. The molecule has 0 amide bonds. The Balaban J connectivity index is 2.60. The van der Waals surface area contributed by atoms with Crippen LogP contribution in [0.1, 0.15) is 30.9 Å². The van der Waals surface area contributed by atoms with Crippen molar-refractivity contribution in [3.63, 3.8) is 0 Å². The van der Waals surface area contributed by atoms with Gasteiger partial charge in [0.25, 0.3) is 0 Å². The lowest BCUT2D eigenvalue weighted by atomic mass is 9.95. The van der Waals surface area contributed by atoms with E-state index in [4.69, 9.17) is 9.47 Å². The third-order valence-corrected chi connectivity index (χ3v) is 3.19. The molecule has 1 aromatic rings. The van der Waals surface area contributed by atoms with Crippen LogP contribution in [0.5, 0.6) is 0 Å². The smallest absolute Gasteiger partial charge is 0.417 e. The molecule has 1 aromatic carbocycles. The van der Waals surface area contributed by atoms with Crippen LogP contribution in [0.3, 0.4) is 0 Å². The fourth-order valence-electron chi connectivity index (χ4n) is 1.70. The van der Waals surface area contributed by atoms with Gasteiger partial charge in [-0.05, 0) is 18.9 Å². The Labute approximate surface area is 129 Å². The van der Waals surface area contributed by atoms with E-state index in [9.17, 15) is 19.8 Å². The zero-order valence-electron chi connectivity index (χ0n) is 12.9. The lowest BCUT2D eigenvalue weighted by Crippen LogP contribution is -2.38. The van der Waals surface area contributed by atoms with E-state index in [-0.39, 0.29) is 6.61 Å². The Morgan fingerprint density at radius 3 is 2.27 bits per heavy atom. The van der Waals surface area contributed by atoms with Gasteiger partial charge in [0.2, 0.25) is 0 Å². The van der Waals surface area contributed by atoms with Gasteiger partial charge < -0.3 is 19.7 Å². The molecule has 0 aromatic heterocycles. The van der Waals surface area contributed by atoms with E-state index in [1.54, 1.807) is 24.3 Å². The molecule has 1 rings (SSSR count). The number of benzene rings is 1. The van der Waals surface area contributed by atoms with E-state index in [0.29, 0.717) is 12.0 Å². The largest absolute Gasteiger partial charge is 0.457 e. The summed E-state index contributed by atoms with van der Waals surface area (Å²) in [5.41, 5.74) is -0.374. The number of rotatable bonds is 7. The van der Waals surface area contributed by atoms with Crippen molar-refractivity contribution in [1.29, 1.82) is 0 Å². The number of hydrogen-bond donors (Lipinski definition) is 2.